The third kappa shape index (κ3) is 4.15. The monoisotopic (exact) mass is 389 g/mol. The molecule has 0 unspecified atom stereocenters. The van der Waals surface area contributed by atoms with Gasteiger partial charge in [-0.3, -0.25) is 9.36 Å². The Morgan fingerprint density at radius 2 is 1.59 bits per heavy atom. The van der Waals surface area contributed by atoms with Crippen molar-refractivity contribution < 1.29 is 10.2 Å². The molecule has 0 fully saturated rings. The number of benzene rings is 2. The lowest BCUT2D eigenvalue weighted by Crippen LogP contribution is -2.27. The molecule has 0 aliphatic carbocycles. The van der Waals surface area contributed by atoms with Crippen LogP contribution in [0.3, 0.4) is 0 Å². The Balaban J connectivity index is 2.15. The van der Waals surface area contributed by atoms with E-state index in [1.807, 2.05) is 71.6 Å². The van der Waals surface area contributed by atoms with E-state index in [0.717, 1.165) is 11.4 Å². The van der Waals surface area contributed by atoms with Gasteiger partial charge in [-0.25, -0.2) is 0 Å². The highest BCUT2D eigenvalue weighted by atomic mass is 16.3. The largest absolute Gasteiger partial charge is 0.494 e. The van der Waals surface area contributed by atoms with Gasteiger partial charge < -0.3 is 15.1 Å². The molecule has 0 atom stereocenters. The van der Waals surface area contributed by atoms with Crippen LogP contribution in [0.25, 0.3) is 0 Å². The molecule has 148 valence electrons. The van der Waals surface area contributed by atoms with Crippen molar-refractivity contribution in [1.82, 2.24) is 4.57 Å². The van der Waals surface area contributed by atoms with Crippen LogP contribution >= 0.6 is 0 Å². The number of aromatic hydroxyl groups is 1. The topological polar surface area (TPSA) is 89.5 Å². The number of hydrogen-bond donors (Lipinski definition) is 2. The van der Waals surface area contributed by atoms with E-state index in [4.69, 9.17) is 5.11 Å². The zero-order chi connectivity index (χ0) is 20.8. The van der Waals surface area contributed by atoms with Gasteiger partial charge in [-0.2, -0.15) is 5.26 Å². The molecule has 3 aromatic rings. The van der Waals surface area contributed by atoms with Crippen LogP contribution in [0.4, 0.5) is 11.4 Å². The maximum atomic E-state index is 12.6. The molecule has 6 nitrogen and oxygen atoms in total. The van der Waals surface area contributed by atoms with Crippen molar-refractivity contribution in [3.63, 3.8) is 0 Å². The summed E-state index contributed by atoms with van der Waals surface area (Å²) >= 11 is 0. The van der Waals surface area contributed by atoms with Crippen LogP contribution in [0.5, 0.6) is 5.88 Å². The van der Waals surface area contributed by atoms with E-state index in [2.05, 4.69) is 0 Å². The van der Waals surface area contributed by atoms with Crippen molar-refractivity contribution in [3.05, 3.63) is 87.7 Å². The lowest BCUT2D eigenvalue weighted by molar-refractivity contribution is 0.274. The molecule has 29 heavy (non-hydrogen) atoms. The Bertz CT molecular complexity index is 1030. The van der Waals surface area contributed by atoms with Crippen LogP contribution < -0.4 is 10.5 Å². The maximum absolute atomic E-state index is 12.6. The summed E-state index contributed by atoms with van der Waals surface area (Å²) in [6, 6.07) is 21.4. The van der Waals surface area contributed by atoms with Crippen LogP contribution in [-0.2, 0) is 13.1 Å². The van der Waals surface area contributed by atoms with Crippen LogP contribution in [0.2, 0.25) is 0 Å². The molecule has 2 aromatic carbocycles. The molecule has 3 rings (SSSR count). The summed E-state index contributed by atoms with van der Waals surface area (Å²) in [5.41, 5.74) is 2.29. The molecule has 1 aromatic heterocycles. The van der Waals surface area contributed by atoms with E-state index < -0.39 is 5.56 Å². The summed E-state index contributed by atoms with van der Waals surface area (Å²) < 4.78 is 1.17. The number of aliphatic hydroxyl groups is 1. The number of hydrogen-bond acceptors (Lipinski definition) is 5. The fraction of sp³-hybridized carbons (Fsp3) is 0.217. The predicted molar refractivity (Wildman–Crippen MR) is 112 cm³/mol. The van der Waals surface area contributed by atoms with E-state index in [1.54, 1.807) is 6.92 Å². The Morgan fingerprint density at radius 1 is 1.03 bits per heavy atom. The number of nitriles is 1. The lowest BCUT2D eigenvalue weighted by Gasteiger charge is -2.27. The molecule has 6 heteroatoms. The minimum absolute atomic E-state index is 0.0109. The fourth-order valence-corrected chi connectivity index (χ4v) is 3.34. The normalized spacial score (nSPS) is 10.5. The molecule has 1 heterocycles. The second kappa shape index (κ2) is 9.09. The number of aromatic nitrogens is 1. The van der Waals surface area contributed by atoms with Gasteiger partial charge >= 0.3 is 0 Å². The van der Waals surface area contributed by atoms with E-state index in [9.17, 15) is 15.2 Å². The SMILES string of the molecule is Cc1c(CN(c2ccccc2)c2ccccc2)c(O)n(CCCO)c(=O)c1C#N. The van der Waals surface area contributed by atoms with Gasteiger partial charge in [-0.1, -0.05) is 36.4 Å². The first kappa shape index (κ1) is 20.2. The van der Waals surface area contributed by atoms with Gasteiger partial charge in [0.15, 0.2) is 5.88 Å². The van der Waals surface area contributed by atoms with Crippen LogP contribution in [0, 0.1) is 18.3 Å². The summed E-state index contributed by atoms with van der Waals surface area (Å²) in [5.74, 6) is -0.170. The minimum atomic E-state index is -0.536. The molecule has 0 aliphatic heterocycles. The molecule has 0 bridgehead atoms. The number of anilines is 2. The van der Waals surface area contributed by atoms with Crippen LogP contribution in [-0.4, -0.2) is 21.4 Å². The van der Waals surface area contributed by atoms with Gasteiger partial charge in [0, 0.05) is 30.1 Å². The Labute approximate surface area is 169 Å². The number of rotatable bonds is 7. The maximum Gasteiger partial charge on any atom is 0.271 e. The Morgan fingerprint density at radius 3 is 2.07 bits per heavy atom. The average Bonchev–Trinajstić information content (AvgIpc) is 2.75. The first-order valence-electron chi connectivity index (χ1n) is 9.42. The number of para-hydroxylation sites is 2. The summed E-state index contributed by atoms with van der Waals surface area (Å²) in [5, 5.41) is 29.5. The summed E-state index contributed by atoms with van der Waals surface area (Å²) in [7, 11) is 0. The molecule has 0 saturated carbocycles. The van der Waals surface area contributed by atoms with Crippen molar-refractivity contribution >= 4 is 11.4 Å². The van der Waals surface area contributed by atoms with Crippen LogP contribution in [0.1, 0.15) is 23.1 Å². The van der Waals surface area contributed by atoms with Gasteiger partial charge in [0.2, 0.25) is 0 Å². The van der Waals surface area contributed by atoms with Crippen molar-refractivity contribution in [1.29, 1.82) is 5.26 Å². The van der Waals surface area contributed by atoms with E-state index in [0.29, 0.717) is 17.5 Å². The second-order valence-electron chi connectivity index (χ2n) is 6.71. The number of nitrogens with zero attached hydrogens (tertiary/aromatic N) is 3. The quantitative estimate of drug-likeness (QED) is 0.646. The fourth-order valence-electron chi connectivity index (χ4n) is 3.34. The third-order valence-corrected chi connectivity index (χ3v) is 4.92. The molecular formula is C23H23N3O3. The zero-order valence-corrected chi connectivity index (χ0v) is 16.2. The highest BCUT2D eigenvalue weighted by Gasteiger charge is 2.21. The molecule has 0 spiro atoms. The molecule has 0 radical (unpaired) electrons. The molecular weight excluding hydrogens is 366 g/mol. The first-order valence-corrected chi connectivity index (χ1v) is 9.42. The van der Waals surface area contributed by atoms with Gasteiger partial charge in [0.05, 0.1) is 6.54 Å². The van der Waals surface area contributed by atoms with Gasteiger partial charge in [0.25, 0.3) is 5.56 Å². The smallest absolute Gasteiger partial charge is 0.271 e. The summed E-state index contributed by atoms with van der Waals surface area (Å²) in [6.07, 6.45) is 0.307. The standard InChI is InChI=1S/C23H23N3O3/c1-17-20(15-24)22(28)25(13-8-14-27)23(29)21(17)16-26(18-9-4-2-5-10-18)19-11-6-3-7-12-19/h2-7,9-12,27,29H,8,13-14,16H2,1H3. The lowest BCUT2D eigenvalue weighted by atomic mass is 10.0. The highest BCUT2D eigenvalue weighted by molar-refractivity contribution is 5.64. The van der Waals surface area contributed by atoms with Gasteiger partial charge in [0.1, 0.15) is 11.6 Å². The van der Waals surface area contributed by atoms with Crippen LogP contribution in [0.15, 0.2) is 65.5 Å². The number of aliphatic hydroxyl groups excluding tert-OH is 1. The predicted octanol–water partition coefficient (Wildman–Crippen LogP) is 3.45. The van der Waals surface area contributed by atoms with Crippen molar-refractivity contribution in [2.24, 2.45) is 0 Å². The highest BCUT2D eigenvalue weighted by Crippen LogP contribution is 2.31. The minimum Gasteiger partial charge on any atom is -0.494 e. The third-order valence-electron chi connectivity index (χ3n) is 4.92. The number of pyridine rings is 1. The van der Waals surface area contributed by atoms with Gasteiger partial charge in [-0.15, -0.1) is 0 Å². The summed E-state index contributed by atoms with van der Waals surface area (Å²) in [4.78, 5) is 14.6. The molecule has 0 amide bonds. The van der Waals surface area contributed by atoms with E-state index >= 15 is 0 Å². The van der Waals surface area contributed by atoms with Crippen molar-refractivity contribution in [2.45, 2.75) is 26.4 Å². The first-order chi connectivity index (χ1) is 14.1. The van der Waals surface area contributed by atoms with E-state index in [-0.39, 0.29) is 31.1 Å². The van der Waals surface area contributed by atoms with Crippen molar-refractivity contribution in [2.75, 3.05) is 11.5 Å². The average molecular weight is 389 g/mol. The Hall–Kier alpha value is -3.56. The van der Waals surface area contributed by atoms with Gasteiger partial charge in [-0.05, 0) is 43.2 Å². The van der Waals surface area contributed by atoms with E-state index in [1.165, 1.54) is 4.57 Å². The molecule has 0 aliphatic rings. The molecule has 0 saturated heterocycles. The van der Waals surface area contributed by atoms with Crippen molar-refractivity contribution in [3.8, 4) is 11.9 Å². The summed E-state index contributed by atoms with van der Waals surface area (Å²) in [6.45, 7) is 1.98. The Kier molecular flexibility index (Phi) is 6.32. The molecule has 2 N–H and O–H groups in total. The zero-order valence-electron chi connectivity index (χ0n) is 16.2. The second-order valence-corrected chi connectivity index (χ2v) is 6.71.